The van der Waals surface area contributed by atoms with Gasteiger partial charge in [0.1, 0.15) is 6.10 Å². The van der Waals surface area contributed by atoms with Crippen LogP contribution in [0.1, 0.15) is 17.2 Å². The smallest absolute Gasteiger partial charge is 0.102 e. The molecule has 1 atom stereocenters. The summed E-state index contributed by atoms with van der Waals surface area (Å²) >= 11 is 3.45. The molecule has 1 nitrogen and oxygen atoms in total. The van der Waals surface area contributed by atoms with Crippen molar-refractivity contribution >= 4 is 21.5 Å². The molecule has 1 aliphatic heterocycles. The molecule has 0 aromatic heterocycles. The third-order valence-corrected chi connectivity index (χ3v) is 3.64. The van der Waals surface area contributed by atoms with Crippen LogP contribution in [0.5, 0.6) is 0 Å². The van der Waals surface area contributed by atoms with Gasteiger partial charge in [0.05, 0.1) is 6.61 Å². The Morgan fingerprint density at radius 1 is 0.944 bits per heavy atom. The number of rotatable bonds is 2. The number of hydrogen-bond donors (Lipinski definition) is 0. The molecule has 2 heteroatoms. The second kappa shape index (κ2) is 5.09. The maximum Gasteiger partial charge on any atom is 0.102 e. The molecule has 0 N–H and O–H groups in total. The molecule has 0 aliphatic carbocycles. The van der Waals surface area contributed by atoms with Crippen molar-refractivity contribution in [2.45, 2.75) is 6.10 Å². The van der Waals surface area contributed by atoms with Gasteiger partial charge in [-0.1, -0.05) is 58.4 Å². The van der Waals surface area contributed by atoms with Gasteiger partial charge in [0.25, 0.3) is 0 Å². The van der Waals surface area contributed by atoms with Crippen molar-refractivity contribution < 1.29 is 4.74 Å². The molecule has 0 saturated carbocycles. The summed E-state index contributed by atoms with van der Waals surface area (Å²) in [6.45, 7) is 0.682. The molecule has 90 valence electrons. The van der Waals surface area contributed by atoms with Gasteiger partial charge >= 0.3 is 0 Å². The lowest BCUT2D eigenvalue weighted by Crippen LogP contribution is -1.94. The molecule has 2 aromatic rings. The van der Waals surface area contributed by atoms with Gasteiger partial charge < -0.3 is 4.74 Å². The quantitative estimate of drug-likeness (QED) is 0.787. The summed E-state index contributed by atoms with van der Waals surface area (Å²) < 4.78 is 6.93. The van der Waals surface area contributed by atoms with Crippen molar-refractivity contribution in [1.82, 2.24) is 0 Å². The molecule has 0 bridgehead atoms. The van der Waals surface area contributed by atoms with E-state index in [2.05, 4.69) is 58.4 Å². The van der Waals surface area contributed by atoms with Crippen LogP contribution >= 0.6 is 15.9 Å². The second-order valence-corrected chi connectivity index (χ2v) is 5.26. The van der Waals surface area contributed by atoms with Crippen molar-refractivity contribution in [3.8, 4) is 0 Å². The lowest BCUT2D eigenvalue weighted by atomic mass is 10.0. The molecule has 2 aromatic carbocycles. The number of halogens is 1. The summed E-state index contributed by atoms with van der Waals surface area (Å²) in [5.41, 5.74) is 3.71. The van der Waals surface area contributed by atoms with E-state index in [-0.39, 0.29) is 6.10 Å². The predicted octanol–water partition coefficient (Wildman–Crippen LogP) is 4.60. The largest absolute Gasteiger partial charge is 0.365 e. The first kappa shape index (κ1) is 11.7. The van der Waals surface area contributed by atoms with Crippen LogP contribution in [0.4, 0.5) is 0 Å². The Balaban J connectivity index is 1.86. The van der Waals surface area contributed by atoms with E-state index in [0.29, 0.717) is 6.61 Å². The fourth-order valence-electron chi connectivity index (χ4n) is 2.14. The molecule has 1 heterocycles. The lowest BCUT2D eigenvalue weighted by molar-refractivity contribution is 0.131. The Kier molecular flexibility index (Phi) is 3.31. The van der Waals surface area contributed by atoms with E-state index in [1.807, 2.05) is 18.2 Å². The summed E-state index contributed by atoms with van der Waals surface area (Å²) in [7, 11) is 0. The normalized spacial score (nSPS) is 18.7. The number of benzene rings is 2. The Morgan fingerprint density at radius 2 is 1.67 bits per heavy atom. The van der Waals surface area contributed by atoms with Crippen LogP contribution in [0.3, 0.4) is 0 Å². The van der Waals surface area contributed by atoms with Gasteiger partial charge in [0, 0.05) is 4.47 Å². The van der Waals surface area contributed by atoms with Crippen molar-refractivity contribution in [1.29, 1.82) is 0 Å². The van der Waals surface area contributed by atoms with Crippen LogP contribution in [-0.2, 0) is 4.74 Å². The highest BCUT2D eigenvalue weighted by Crippen LogP contribution is 2.31. The molecule has 0 fully saturated rings. The molecule has 0 spiro atoms. The highest BCUT2D eigenvalue weighted by molar-refractivity contribution is 9.10. The SMILES string of the molecule is Brc1ccc(C2=CC(c3ccccc3)OC2)cc1. The zero-order valence-electron chi connectivity index (χ0n) is 9.84. The Bertz CT molecular complexity index is 557. The molecule has 0 amide bonds. The zero-order chi connectivity index (χ0) is 12.4. The Hall–Kier alpha value is -1.38. The van der Waals surface area contributed by atoms with Crippen LogP contribution in [0.25, 0.3) is 5.57 Å². The van der Waals surface area contributed by atoms with E-state index in [9.17, 15) is 0 Å². The maximum atomic E-state index is 5.83. The van der Waals surface area contributed by atoms with Crippen molar-refractivity contribution in [3.05, 3.63) is 76.3 Å². The monoisotopic (exact) mass is 300 g/mol. The fourth-order valence-corrected chi connectivity index (χ4v) is 2.40. The van der Waals surface area contributed by atoms with Gasteiger partial charge in [0.2, 0.25) is 0 Å². The lowest BCUT2D eigenvalue weighted by Gasteiger charge is -2.06. The predicted molar refractivity (Wildman–Crippen MR) is 77.3 cm³/mol. The molecule has 1 aliphatic rings. The van der Waals surface area contributed by atoms with Gasteiger partial charge in [0.15, 0.2) is 0 Å². The minimum absolute atomic E-state index is 0.0878. The molecular weight excluding hydrogens is 288 g/mol. The van der Waals surface area contributed by atoms with Gasteiger partial charge in [-0.2, -0.15) is 0 Å². The Morgan fingerprint density at radius 3 is 2.39 bits per heavy atom. The van der Waals surface area contributed by atoms with E-state index in [0.717, 1.165) is 4.47 Å². The number of ether oxygens (including phenoxy) is 1. The van der Waals surface area contributed by atoms with E-state index in [1.54, 1.807) is 0 Å². The van der Waals surface area contributed by atoms with Gasteiger partial charge in [-0.3, -0.25) is 0 Å². The van der Waals surface area contributed by atoms with E-state index in [4.69, 9.17) is 4.74 Å². The van der Waals surface area contributed by atoms with E-state index < -0.39 is 0 Å². The zero-order valence-corrected chi connectivity index (χ0v) is 11.4. The summed E-state index contributed by atoms with van der Waals surface area (Å²) in [5.74, 6) is 0. The van der Waals surface area contributed by atoms with Crippen LogP contribution in [0.2, 0.25) is 0 Å². The van der Waals surface area contributed by atoms with Gasteiger partial charge in [-0.15, -0.1) is 0 Å². The van der Waals surface area contributed by atoms with Crippen LogP contribution < -0.4 is 0 Å². The van der Waals surface area contributed by atoms with E-state index in [1.165, 1.54) is 16.7 Å². The first-order valence-electron chi connectivity index (χ1n) is 5.96. The van der Waals surface area contributed by atoms with Crippen LogP contribution in [0.15, 0.2) is 65.1 Å². The van der Waals surface area contributed by atoms with Gasteiger partial charge in [-0.05, 0) is 34.9 Å². The number of hydrogen-bond acceptors (Lipinski definition) is 1. The topological polar surface area (TPSA) is 9.23 Å². The molecule has 0 saturated heterocycles. The average molecular weight is 301 g/mol. The summed E-state index contributed by atoms with van der Waals surface area (Å²) in [6, 6.07) is 18.7. The summed E-state index contributed by atoms with van der Waals surface area (Å²) in [5, 5.41) is 0. The molecule has 18 heavy (non-hydrogen) atoms. The minimum atomic E-state index is 0.0878. The van der Waals surface area contributed by atoms with Crippen molar-refractivity contribution in [2.24, 2.45) is 0 Å². The highest BCUT2D eigenvalue weighted by atomic mass is 79.9. The second-order valence-electron chi connectivity index (χ2n) is 4.34. The van der Waals surface area contributed by atoms with E-state index >= 15 is 0 Å². The standard InChI is InChI=1S/C16H13BrO/c17-15-8-6-12(7-9-15)14-10-16(18-11-14)13-4-2-1-3-5-13/h1-10,16H,11H2. The Labute approximate surface area is 115 Å². The molecule has 3 rings (SSSR count). The third kappa shape index (κ3) is 2.40. The summed E-state index contributed by atoms with van der Waals surface area (Å²) in [4.78, 5) is 0. The highest BCUT2D eigenvalue weighted by Gasteiger charge is 2.18. The van der Waals surface area contributed by atoms with Crippen molar-refractivity contribution in [2.75, 3.05) is 6.61 Å². The van der Waals surface area contributed by atoms with Crippen molar-refractivity contribution in [3.63, 3.8) is 0 Å². The minimum Gasteiger partial charge on any atom is -0.365 e. The maximum absolute atomic E-state index is 5.83. The third-order valence-electron chi connectivity index (χ3n) is 3.11. The van der Waals surface area contributed by atoms with Gasteiger partial charge in [-0.25, -0.2) is 0 Å². The molecule has 1 unspecified atom stereocenters. The molecular formula is C16H13BrO. The summed E-state index contributed by atoms with van der Waals surface area (Å²) in [6.07, 6.45) is 2.29. The average Bonchev–Trinajstić information content (AvgIpc) is 2.90. The van der Waals surface area contributed by atoms with Crippen LogP contribution in [0, 0.1) is 0 Å². The van der Waals surface area contributed by atoms with Crippen LogP contribution in [-0.4, -0.2) is 6.61 Å². The first-order valence-corrected chi connectivity index (χ1v) is 6.75. The first-order chi connectivity index (χ1) is 8.83. The fraction of sp³-hybridized carbons (Fsp3) is 0.125. The molecule has 0 radical (unpaired) electrons.